The first kappa shape index (κ1) is 26.6. The van der Waals surface area contributed by atoms with Crippen LogP contribution in [0.4, 0.5) is 0 Å². The highest BCUT2D eigenvalue weighted by Gasteiger charge is 2.17. The molecular formula is C27H34O7. The zero-order valence-electron chi connectivity index (χ0n) is 21.0. The fourth-order valence-electron chi connectivity index (χ4n) is 3.34. The summed E-state index contributed by atoms with van der Waals surface area (Å²) in [5, 5.41) is 0. The van der Waals surface area contributed by atoms with Crippen LogP contribution >= 0.6 is 0 Å². The lowest BCUT2D eigenvalue weighted by atomic mass is 10.0. The summed E-state index contributed by atoms with van der Waals surface area (Å²) in [6, 6.07) is 7.40. The molecule has 0 aliphatic carbocycles. The Morgan fingerprint density at radius 2 is 1.53 bits per heavy atom. The summed E-state index contributed by atoms with van der Waals surface area (Å²) in [5.74, 6) is 2.49. The van der Waals surface area contributed by atoms with Crippen molar-refractivity contribution in [3.8, 4) is 28.7 Å². The molecule has 7 heteroatoms. The minimum atomic E-state index is -0.417. The molecule has 0 N–H and O–H groups in total. The minimum Gasteiger partial charge on any atom is -0.496 e. The van der Waals surface area contributed by atoms with Gasteiger partial charge in [0.2, 0.25) is 5.75 Å². The van der Waals surface area contributed by atoms with Crippen LogP contribution in [0.3, 0.4) is 0 Å². The molecule has 34 heavy (non-hydrogen) atoms. The van der Waals surface area contributed by atoms with E-state index in [-0.39, 0.29) is 6.61 Å². The first-order valence-electron chi connectivity index (χ1n) is 11.0. The van der Waals surface area contributed by atoms with Crippen LogP contribution < -0.4 is 23.7 Å². The Balaban J connectivity index is 2.52. The summed E-state index contributed by atoms with van der Waals surface area (Å²) in [7, 11) is 6.32. The standard InChI is InChI=1S/C27H34O7/c1-8-33-25(28)14-11-20-10-13-22(29-4)21(12-9-18(2)3)26(20)34-17-19-15-23(30-5)27(32-7)24(16-19)31-6/h9-11,13-16H,8,12,17H2,1-7H3/b14-11+. The van der Waals surface area contributed by atoms with E-state index in [9.17, 15) is 4.79 Å². The molecule has 184 valence electrons. The molecule has 0 saturated carbocycles. The number of methoxy groups -OCH3 is 4. The van der Waals surface area contributed by atoms with E-state index in [4.69, 9.17) is 28.4 Å². The van der Waals surface area contributed by atoms with Crippen molar-refractivity contribution >= 4 is 12.0 Å². The maximum Gasteiger partial charge on any atom is 0.330 e. The predicted octanol–water partition coefficient (Wildman–Crippen LogP) is 5.39. The summed E-state index contributed by atoms with van der Waals surface area (Å²) in [6.45, 7) is 6.37. The van der Waals surface area contributed by atoms with Crippen molar-refractivity contribution in [1.29, 1.82) is 0 Å². The molecule has 2 aromatic carbocycles. The quantitative estimate of drug-likeness (QED) is 0.234. The van der Waals surface area contributed by atoms with Gasteiger partial charge in [-0.1, -0.05) is 11.6 Å². The maximum absolute atomic E-state index is 11.9. The number of benzene rings is 2. The fourth-order valence-corrected chi connectivity index (χ4v) is 3.34. The van der Waals surface area contributed by atoms with Gasteiger partial charge in [-0.15, -0.1) is 0 Å². The first-order chi connectivity index (χ1) is 16.4. The number of rotatable bonds is 12. The van der Waals surface area contributed by atoms with Gasteiger partial charge >= 0.3 is 5.97 Å². The molecule has 2 aromatic rings. The van der Waals surface area contributed by atoms with Gasteiger partial charge < -0.3 is 28.4 Å². The predicted molar refractivity (Wildman–Crippen MR) is 132 cm³/mol. The smallest absolute Gasteiger partial charge is 0.330 e. The third kappa shape index (κ3) is 6.94. The second-order valence-electron chi connectivity index (χ2n) is 7.56. The summed E-state index contributed by atoms with van der Waals surface area (Å²) < 4.78 is 33.3. The SMILES string of the molecule is CCOC(=O)/C=C/c1ccc(OC)c(CC=C(C)C)c1OCc1cc(OC)c(OC)c(OC)c1. The third-order valence-corrected chi connectivity index (χ3v) is 4.98. The average Bonchev–Trinajstić information content (AvgIpc) is 2.84. The number of hydrogen-bond donors (Lipinski definition) is 0. The van der Waals surface area contributed by atoms with Gasteiger partial charge in [0.25, 0.3) is 0 Å². The van der Waals surface area contributed by atoms with Gasteiger partial charge in [0.1, 0.15) is 18.1 Å². The highest BCUT2D eigenvalue weighted by molar-refractivity contribution is 5.87. The number of hydrogen-bond acceptors (Lipinski definition) is 7. The van der Waals surface area contributed by atoms with Crippen molar-refractivity contribution in [2.24, 2.45) is 0 Å². The van der Waals surface area contributed by atoms with E-state index in [1.165, 1.54) is 11.6 Å². The Morgan fingerprint density at radius 1 is 0.882 bits per heavy atom. The summed E-state index contributed by atoms with van der Waals surface area (Å²) in [5.41, 5.74) is 3.61. The molecule has 0 amide bonds. The van der Waals surface area contributed by atoms with Crippen molar-refractivity contribution in [3.63, 3.8) is 0 Å². The Kier molecular flexibility index (Phi) is 10.3. The molecule has 0 aliphatic rings. The van der Waals surface area contributed by atoms with Crippen LogP contribution in [0.15, 0.2) is 42.0 Å². The molecular weight excluding hydrogens is 436 g/mol. The van der Waals surface area contributed by atoms with Gasteiger partial charge in [-0.05, 0) is 63.1 Å². The zero-order chi connectivity index (χ0) is 25.1. The number of carbonyl (C=O) groups excluding carboxylic acids is 1. The number of allylic oxidation sites excluding steroid dienone is 2. The lowest BCUT2D eigenvalue weighted by Gasteiger charge is -2.18. The van der Waals surface area contributed by atoms with Crippen molar-refractivity contribution in [2.45, 2.75) is 33.8 Å². The lowest BCUT2D eigenvalue weighted by molar-refractivity contribution is -0.137. The lowest BCUT2D eigenvalue weighted by Crippen LogP contribution is -2.04. The van der Waals surface area contributed by atoms with E-state index in [1.807, 2.05) is 38.1 Å². The number of carbonyl (C=O) groups is 1. The molecule has 0 radical (unpaired) electrons. The third-order valence-electron chi connectivity index (χ3n) is 4.98. The normalized spacial score (nSPS) is 10.6. The van der Waals surface area contributed by atoms with Gasteiger partial charge in [0.05, 0.1) is 35.0 Å². The summed E-state index contributed by atoms with van der Waals surface area (Å²) >= 11 is 0. The monoisotopic (exact) mass is 470 g/mol. The number of esters is 1. The topological polar surface area (TPSA) is 72.5 Å². The van der Waals surface area contributed by atoms with Crippen molar-refractivity contribution < 1.29 is 33.2 Å². The van der Waals surface area contributed by atoms with Gasteiger partial charge in [-0.25, -0.2) is 4.79 Å². The Bertz CT molecular complexity index is 1010. The van der Waals surface area contributed by atoms with Crippen LogP contribution in [0, 0.1) is 0 Å². The van der Waals surface area contributed by atoms with E-state index in [0.717, 1.165) is 16.7 Å². The molecule has 0 bridgehead atoms. The van der Waals surface area contributed by atoms with Gasteiger partial charge in [0.15, 0.2) is 11.5 Å². The van der Waals surface area contributed by atoms with Crippen LogP contribution in [0.2, 0.25) is 0 Å². The van der Waals surface area contributed by atoms with Crippen LogP contribution in [0.1, 0.15) is 37.5 Å². The van der Waals surface area contributed by atoms with Crippen LogP contribution in [0.5, 0.6) is 28.7 Å². The maximum atomic E-state index is 11.9. The van der Waals surface area contributed by atoms with E-state index < -0.39 is 5.97 Å². The second-order valence-corrected chi connectivity index (χ2v) is 7.56. The Hall–Kier alpha value is -3.61. The molecule has 0 atom stereocenters. The van der Waals surface area contributed by atoms with Gasteiger partial charge in [0, 0.05) is 17.2 Å². The molecule has 0 unspecified atom stereocenters. The van der Waals surface area contributed by atoms with Crippen molar-refractivity contribution in [2.75, 3.05) is 35.0 Å². The molecule has 2 rings (SSSR count). The minimum absolute atomic E-state index is 0.228. The van der Waals surface area contributed by atoms with Crippen LogP contribution in [-0.4, -0.2) is 41.0 Å². The van der Waals surface area contributed by atoms with Crippen molar-refractivity contribution in [3.05, 3.63) is 58.7 Å². The molecule has 0 aromatic heterocycles. The molecule has 0 heterocycles. The molecule has 7 nitrogen and oxygen atoms in total. The summed E-state index contributed by atoms with van der Waals surface area (Å²) in [6.07, 6.45) is 5.79. The first-order valence-corrected chi connectivity index (χ1v) is 11.0. The van der Waals surface area contributed by atoms with Gasteiger partial charge in [-0.3, -0.25) is 0 Å². The largest absolute Gasteiger partial charge is 0.496 e. The Labute approximate surface area is 201 Å². The van der Waals surface area contributed by atoms with E-state index in [0.29, 0.717) is 41.8 Å². The molecule has 0 fully saturated rings. The Morgan fingerprint density at radius 3 is 2.06 bits per heavy atom. The van der Waals surface area contributed by atoms with Crippen molar-refractivity contribution in [1.82, 2.24) is 0 Å². The molecule has 0 aliphatic heterocycles. The van der Waals surface area contributed by atoms with E-state index in [1.54, 1.807) is 41.4 Å². The zero-order valence-corrected chi connectivity index (χ0v) is 21.0. The fraction of sp³-hybridized carbons (Fsp3) is 0.370. The average molecular weight is 471 g/mol. The van der Waals surface area contributed by atoms with Gasteiger partial charge in [-0.2, -0.15) is 0 Å². The van der Waals surface area contributed by atoms with Crippen LogP contribution in [0.25, 0.3) is 6.08 Å². The molecule has 0 saturated heterocycles. The highest BCUT2D eigenvalue weighted by atomic mass is 16.5. The second kappa shape index (κ2) is 13.2. The molecule has 0 spiro atoms. The number of ether oxygens (including phenoxy) is 6. The summed E-state index contributed by atoms with van der Waals surface area (Å²) in [4.78, 5) is 11.9. The van der Waals surface area contributed by atoms with E-state index in [2.05, 4.69) is 6.08 Å². The van der Waals surface area contributed by atoms with Crippen LogP contribution in [-0.2, 0) is 22.6 Å². The van der Waals surface area contributed by atoms with E-state index >= 15 is 0 Å². The highest BCUT2D eigenvalue weighted by Crippen LogP contribution is 2.39.